The maximum absolute atomic E-state index is 11.6. The number of hydrogen-bond acceptors (Lipinski definition) is 2. The molecule has 0 amide bonds. The summed E-state index contributed by atoms with van der Waals surface area (Å²) in [7, 11) is 1.17. The average molecular weight is 168 g/mol. The van der Waals surface area contributed by atoms with E-state index >= 15 is 0 Å². The largest absolute Gasteiger partial charge is 0.504 e. The molecule has 0 heterocycles. The van der Waals surface area contributed by atoms with Crippen molar-refractivity contribution >= 4 is 5.78 Å². The fourth-order valence-electron chi connectivity index (χ4n) is 0.454. The second kappa shape index (κ2) is 3.41. The molecule has 0 atom stereocenters. The SMILES string of the molecule is COC=C(C)C(=O)C(F)(F)F. The molecule has 11 heavy (non-hydrogen) atoms. The van der Waals surface area contributed by atoms with Crippen LogP contribution in [0.15, 0.2) is 11.8 Å². The third-order valence-corrected chi connectivity index (χ3v) is 0.910. The summed E-state index contributed by atoms with van der Waals surface area (Å²) in [5, 5.41) is 0. The number of ether oxygens (including phenoxy) is 1. The maximum Gasteiger partial charge on any atom is 0.454 e. The van der Waals surface area contributed by atoms with E-state index in [1.165, 1.54) is 7.11 Å². The standard InChI is InChI=1S/C6H7F3O2/c1-4(3-11-2)5(10)6(7,8)9/h3H,1-2H3. The molecule has 0 aliphatic carbocycles. The van der Waals surface area contributed by atoms with Crippen molar-refractivity contribution in [3.63, 3.8) is 0 Å². The van der Waals surface area contributed by atoms with Crippen LogP contribution in [-0.4, -0.2) is 19.1 Å². The van der Waals surface area contributed by atoms with Gasteiger partial charge in [0.05, 0.1) is 13.4 Å². The lowest BCUT2D eigenvalue weighted by atomic mass is 10.2. The van der Waals surface area contributed by atoms with Gasteiger partial charge in [-0.15, -0.1) is 0 Å². The van der Waals surface area contributed by atoms with Gasteiger partial charge in [-0.1, -0.05) is 0 Å². The number of alkyl halides is 3. The summed E-state index contributed by atoms with van der Waals surface area (Å²) in [6, 6.07) is 0. The topological polar surface area (TPSA) is 26.3 Å². The van der Waals surface area contributed by atoms with E-state index in [1.54, 1.807) is 0 Å². The average Bonchev–Trinajstić information content (AvgIpc) is 1.85. The molecule has 0 aromatic heterocycles. The highest BCUT2D eigenvalue weighted by Crippen LogP contribution is 2.19. The van der Waals surface area contributed by atoms with Gasteiger partial charge >= 0.3 is 6.18 Å². The Balaban J connectivity index is 4.39. The molecule has 0 fully saturated rings. The second-order valence-corrected chi connectivity index (χ2v) is 1.86. The van der Waals surface area contributed by atoms with Crippen molar-refractivity contribution in [3.8, 4) is 0 Å². The fourth-order valence-corrected chi connectivity index (χ4v) is 0.454. The number of Topliss-reactive ketones (excluding diaryl/α,β-unsaturated/α-hetero) is 1. The van der Waals surface area contributed by atoms with E-state index in [2.05, 4.69) is 4.74 Å². The molecule has 0 aromatic carbocycles. The van der Waals surface area contributed by atoms with E-state index in [-0.39, 0.29) is 0 Å². The van der Waals surface area contributed by atoms with Crippen molar-refractivity contribution in [2.75, 3.05) is 7.11 Å². The molecule has 0 spiro atoms. The van der Waals surface area contributed by atoms with Crippen LogP contribution < -0.4 is 0 Å². The Kier molecular flexibility index (Phi) is 3.10. The van der Waals surface area contributed by atoms with E-state index in [0.717, 1.165) is 13.2 Å². The van der Waals surface area contributed by atoms with Crippen molar-refractivity contribution in [2.24, 2.45) is 0 Å². The van der Waals surface area contributed by atoms with E-state index in [0.29, 0.717) is 0 Å². The number of hydrogen-bond donors (Lipinski definition) is 0. The molecular weight excluding hydrogens is 161 g/mol. The Bertz CT molecular complexity index is 181. The van der Waals surface area contributed by atoms with Crippen molar-refractivity contribution in [1.82, 2.24) is 0 Å². The van der Waals surface area contributed by atoms with Gasteiger partial charge in [0.15, 0.2) is 0 Å². The summed E-state index contributed by atoms with van der Waals surface area (Å²) in [6.45, 7) is 1.04. The number of carbonyl (C=O) groups excluding carboxylic acids is 1. The summed E-state index contributed by atoms with van der Waals surface area (Å²) >= 11 is 0. The second-order valence-electron chi connectivity index (χ2n) is 1.86. The van der Waals surface area contributed by atoms with Gasteiger partial charge in [-0.25, -0.2) is 0 Å². The number of methoxy groups -OCH3 is 1. The van der Waals surface area contributed by atoms with Crippen molar-refractivity contribution in [2.45, 2.75) is 13.1 Å². The molecule has 0 rings (SSSR count). The molecule has 0 N–H and O–H groups in total. The normalized spacial score (nSPS) is 13.0. The number of halogens is 3. The van der Waals surface area contributed by atoms with Crippen LogP contribution in [-0.2, 0) is 9.53 Å². The van der Waals surface area contributed by atoms with Gasteiger partial charge in [-0.05, 0) is 6.92 Å². The molecule has 0 unspecified atom stereocenters. The Morgan fingerprint density at radius 1 is 1.45 bits per heavy atom. The van der Waals surface area contributed by atoms with Crippen LogP contribution in [0.1, 0.15) is 6.92 Å². The van der Waals surface area contributed by atoms with Gasteiger partial charge in [-0.2, -0.15) is 13.2 Å². The summed E-state index contributed by atoms with van der Waals surface area (Å²) in [6.07, 6.45) is -4.05. The zero-order valence-corrected chi connectivity index (χ0v) is 6.03. The first-order valence-electron chi connectivity index (χ1n) is 2.70. The minimum absolute atomic E-state index is 0.458. The lowest BCUT2D eigenvalue weighted by Crippen LogP contribution is -2.23. The summed E-state index contributed by atoms with van der Waals surface area (Å²) in [4.78, 5) is 10.3. The molecule has 0 aromatic rings. The molecule has 2 nitrogen and oxygen atoms in total. The van der Waals surface area contributed by atoms with E-state index in [9.17, 15) is 18.0 Å². The highest BCUT2D eigenvalue weighted by atomic mass is 19.4. The molecule has 64 valence electrons. The number of carbonyl (C=O) groups is 1. The van der Waals surface area contributed by atoms with Crippen LogP contribution in [0, 0.1) is 0 Å². The number of allylic oxidation sites excluding steroid dienone is 1. The molecule has 0 saturated heterocycles. The Labute approximate surface area is 61.6 Å². The summed E-state index contributed by atoms with van der Waals surface area (Å²) in [5.74, 6) is -1.88. The zero-order chi connectivity index (χ0) is 9.07. The molecule has 0 bridgehead atoms. The highest BCUT2D eigenvalue weighted by molar-refractivity contribution is 5.98. The first-order chi connectivity index (χ1) is 4.89. The van der Waals surface area contributed by atoms with Crippen molar-refractivity contribution in [3.05, 3.63) is 11.8 Å². The Morgan fingerprint density at radius 2 is 1.91 bits per heavy atom. The quantitative estimate of drug-likeness (QED) is 0.463. The first-order valence-corrected chi connectivity index (χ1v) is 2.70. The molecular formula is C6H7F3O2. The van der Waals surface area contributed by atoms with Gasteiger partial charge in [0.2, 0.25) is 0 Å². The third-order valence-electron chi connectivity index (χ3n) is 0.910. The van der Waals surface area contributed by atoms with Gasteiger partial charge in [0, 0.05) is 5.57 Å². The van der Waals surface area contributed by atoms with Gasteiger partial charge in [0.25, 0.3) is 5.78 Å². The fraction of sp³-hybridized carbons (Fsp3) is 0.500. The van der Waals surface area contributed by atoms with Crippen LogP contribution in [0.3, 0.4) is 0 Å². The Hall–Kier alpha value is -1.00. The predicted molar refractivity (Wildman–Crippen MR) is 31.8 cm³/mol. The van der Waals surface area contributed by atoms with Crippen molar-refractivity contribution < 1.29 is 22.7 Å². The lowest BCUT2D eigenvalue weighted by Gasteiger charge is -2.03. The van der Waals surface area contributed by atoms with Crippen LogP contribution in [0.5, 0.6) is 0 Å². The minimum atomic E-state index is -4.81. The van der Waals surface area contributed by atoms with Gasteiger partial charge in [0.1, 0.15) is 0 Å². The van der Waals surface area contributed by atoms with Crippen molar-refractivity contribution in [1.29, 1.82) is 0 Å². The van der Waals surface area contributed by atoms with Crippen LogP contribution in [0.25, 0.3) is 0 Å². The highest BCUT2D eigenvalue weighted by Gasteiger charge is 2.39. The monoisotopic (exact) mass is 168 g/mol. The van der Waals surface area contributed by atoms with E-state index in [4.69, 9.17) is 0 Å². The van der Waals surface area contributed by atoms with Gasteiger partial charge < -0.3 is 4.74 Å². The molecule has 5 heteroatoms. The molecule has 0 radical (unpaired) electrons. The van der Waals surface area contributed by atoms with E-state index < -0.39 is 17.5 Å². The van der Waals surface area contributed by atoms with Crippen LogP contribution in [0.2, 0.25) is 0 Å². The summed E-state index contributed by atoms with van der Waals surface area (Å²) in [5.41, 5.74) is -0.458. The lowest BCUT2D eigenvalue weighted by molar-refractivity contribution is -0.166. The molecule has 0 saturated carbocycles. The van der Waals surface area contributed by atoms with Crippen LogP contribution in [0.4, 0.5) is 13.2 Å². The first kappa shape index (κ1) is 10.0. The minimum Gasteiger partial charge on any atom is -0.504 e. The number of rotatable bonds is 2. The zero-order valence-electron chi connectivity index (χ0n) is 6.03. The third kappa shape index (κ3) is 3.06. The summed E-state index contributed by atoms with van der Waals surface area (Å²) < 4.78 is 39.0. The smallest absolute Gasteiger partial charge is 0.454 e. The predicted octanol–water partition coefficient (Wildman–Crippen LogP) is 1.67. The Morgan fingerprint density at radius 3 is 2.18 bits per heavy atom. The maximum atomic E-state index is 11.6. The number of ketones is 1. The molecule has 0 aliphatic heterocycles. The van der Waals surface area contributed by atoms with Gasteiger partial charge in [-0.3, -0.25) is 4.79 Å². The molecule has 0 aliphatic rings. The van der Waals surface area contributed by atoms with E-state index in [1.807, 2.05) is 0 Å². The van der Waals surface area contributed by atoms with Crippen LogP contribution >= 0.6 is 0 Å².